The molecule has 8 nitrogen and oxygen atoms in total. The van der Waals surface area contributed by atoms with Crippen LogP contribution in [0.25, 0.3) is 0 Å². The molecule has 0 aromatic carbocycles. The lowest BCUT2D eigenvalue weighted by molar-refractivity contribution is -0.139. The minimum atomic E-state index is -0.934. The largest absolute Gasteiger partial charge is 0.481 e. The molecule has 0 spiro atoms. The fourth-order valence-corrected chi connectivity index (χ4v) is 1.42. The summed E-state index contributed by atoms with van der Waals surface area (Å²) in [6.45, 7) is 0.290. The quantitative estimate of drug-likeness (QED) is 0.729. The van der Waals surface area contributed by atoms with E-state index in [9.17, 15) is 9.59 Å². The van der Waals surface area contributed by atoms with Crippen molar-refractivity contribution in [1.29, 1.82) is 0 Å². The van der Waals surface area contributed by atoms with Crippen molar-refractivity contribution in [3.8, 4) is 0 Å². The molecule has 0 saturated carbocycles. The Bertz CT molecular complexity index is 461. The van der Waals surface area contributed by atoms with Crippen LogP contribution in [0.1, 0.15) is 16.9 Å². The van der Waals surface area contributed by atoms with Crippen molar-refractivity contribution < 1.29 is 19.4 Å². The van der Waals surface area contributed by atoms with Gasteiger partial charge in [-0.25, -0.2) is 0 Å². The summed E-state index contributed by atoms with van der Waals surface area (Å²) in [6, 6.07) is 3.16. The van der Waals surface area contributed by atoms with Gasteiger partial charge < -0.3 is 20.1 Å². The van der Waals surface area contributed by atoms with Crippen LogP contribution < -0.4 is 5.32 Å². The van der Waals surface area contributed by atoms with Gasteiger partial charge in [-0.05, 0) is 12.1 Å². The SMILES string of the molecule is COC(CNc1ccc(C(=O)N(C)C)nn1)CC(=O)O. The fraction of sp³-hybridized carbons (Fsp3) is 0.500. The van der Waals surface area contributed by atoms with E-state index in [-0.39, 0.29) is 18.0 Å². The third kappa shape index (κ3) is 4.81. The number of hydrogen-bond acceptors (Lipinski definition) is 6. The van der Waals surface area contributed by atoms with Gasteiger partial charge in [-0.2, -0.15) is 0 Å². The molecular formula is C12H18N4O4. The number of anilines is 1. The molecule has 1 amide bonds. The Morgan fingerprint density at radius 2 is 2.10 bits per heavy atom. The molecule has 0 fully saturated rings. The molecule has 1 atom stereocenters. The standard InChI is InChI=1S/C12H18N4O4/c1-16(2)12(19)9-4-5-10(15-14-9)13-7-8(20-3)6-11(17)18/h4-5,8H,6-7H2,1-3H3,(H,13,15)(H,17,18). The van der Waals surface area contributed by atoms with Crippen LogP contribution >= 0.6 is 0 Å². The van der Waals surface area contributed by atoms with Crippen molar-refractivity contribution in [1.82, 2.24) is 15.1 Å². The van der Waals surface area contributed by atoms with Crippen LogP contribution in [0, 0.1) is 0 Å². The number of nitrogens with zero attached hydrogens (tertiary/aromatic N) is 3. The first kappa shape index (κ1) is 15.8. The Balaban J connectivity index is 2.57. The highest BCUT2D eigenvalue weighted by Crippen LogP contribution is 2.05. The Morgan fingerprint density at radius 3 is 2.55 bits per heavy atom. The topological polar surface area (TPSA) is 105 Å². The van der Waals surface area contributed by atoms with Crippen LogP contribution in [-0.2, 0) is 9.53 Å². The minimum Gasteiger partial charge on any atom is -0.481 e. The van der Waals surface area contributed by atoms with Gasteiger partial charge in [0.05, 0.1) is 12.5 Å². The molecule has 1 heterocycles. The second kappa shape index (κ2) is 7.39. The Hall–Kier alpha value is -2.22. The zero-order valence-corrected chi connectivity index (χ0v) is 11.7. The lowest BCUT2D eigenvalue weighted by Gasteiger charge is -2.14. The summed E-state index contributed by atoms with van der Waals surface area (Å²) < 4.78 is 5.02. The van der Waals surface area contributed by atoms with Crippen molar-refractivity contribution in [3.05, 3.63) is 17.8 Å². The van der Waals surface area contributed by atoms with Crippen molar-refractivity contribution in [2.24, 2.45) is 0 Å². The summed E-state index contributed by atoms with van der Waals surface area (Å²) in [5.41, 5.74) is 0.245. The normalized spacial score (nSPS) is 11.8. The third-order valence-electron chi connectivity index (χ3n) is 2.54. The van der Waals surface area contributed by atoms with E-state index < -0.39 is 12.1 Å². The van der Waals surface area contributed by atoms with E-state index in [1.165, 1.54) is 12.0 Å². The maximum atomic E-state index is 11.6. The molecule has 0 aliphatic rings. The van der Waals surface area contributed by atoms with Gasteiger partial charge in [-0.15, -0.1) is 10.2 Å². The number of nitrogens with one attached hydrogen (secondary N) is 1. The van der Waals surface area contributed by atoms with Crippen LogP contribution in [0.3, 0.4) is 0 Å². The van der Waals surface area contributed by atoms with Gasteiger partial charge in [0.1, 0.15) is 5.82 Å². The van der Waals surface area contributed by atoms with E-state index >= 15 is 0 Å². The number of amides is 1. The number of hydrogen-bond donors (Lipinski definition) is 2. The van der Waals surface area contributed by atoms with Crippen LogP contribution in [0.4, 0.5) is 5.82 Å². The number of methoxy groups -OCH3 is 1. The molecule has 1 unspecified atom stereocenters. The molecule has 2 N–H and O–H groups in total. The second-order valence-corrected chi connectivity index (χ2v) is 4.34. The van der Waals surface area contributed by atoms with Gasteiger partial charge in [-0.3, -0.25) is 9.59 Å². The number of ether oxygens (including phenoxy) is 1. The van der Waals surface area contributed by atoms with Crippen molar-refractivity contribution in [2.45, 2.75) is 12.5 Å². The molecule has 0 bridgehead atoms. The van der Waals surface area contributed by atoms with Crippen molar-refractivity contribution >= 4 is 17.7 Å². The summed E-state index contributed by atoms with van der Waals surface area (Å²) in [6.07, 6.45) is -0.564. The van der Waals surface area contributed by atoms with Gasteiger partial charge in [0.15, 0.2) is 5.69 Å². The number of aliphatic carboxylic acids is 1. The predicted octanol–water partition coefficient (Wildman–Crippen LogP) is 0.0800. The number of carboxylic acid groups (broad SMARTS) is 1. The molecular weight excluding hydrogens is 264 g/mol. The molecule has 20 heavy (non-hydrogen) atoms. The molecule has 0 aliphatic heterocycles. The van der Waals surface area contributed by atoms with E-state index in [4.69, 9.17) is 9.84 Å². The highest BCUT2D eigenvalue weighted by Gasteiger charge is 2.13. The monoisotopic (exact) mass is 282 g/mol. The molecule has 8 heteroatoms. The van der Waals surface area contributed by atoms with E-state index in [0.29, 0.717) is 12.4 Å². The van der Waals surface area contributed by atoms with Gasteiger partial charge in [0.2, 0.25) is 0 Å². The van der Waals surface area contributed by atoms with E-state index in [1.807, 2.05) is 0 Å². The summed E-state index contributed by atoms with van der Waals surface area (Å²) >= 11 is 0. The Kier molecular flexibility index (Phi) is 5.85. The second-order valence-electron chi connectivity index (χ2n) is 4.34. The molecule has 0 radical (unpaired) electrons. The van der Waals surface area contributed by atoms with Crippen LogP contribution in [-0.4, -0.2) is 65.9 Å². The molecule has 110 valence electrons. The van der Waals surface area contributed by atoms with E-state index in [2.05, 4.69) is 15.5 Å². The number of carbonyl (C=O) groups is 2. The Labute approximate surface area is 116 Å². The molecule has 1 rings (SSSR count). The maximum absolute atomic E-state index is 11.6. The Morgan fingerprint density at radius 1 is 1.40 bits per heavy atom. The van der Waals surface area contributed by atoms with Gasteiger partial charge in [0, 0.05) is 27.7 Å². The highest BCUT2D eigenvalue weighted by molar-refractivity contribution is 5.91. The fourth-order valence-electron chi connectivity index (χ4n) is 1.42. The van der Waals surface area contributed by atoms with Crippen molar-refractivity contribution in [2.75, 3.05) is 33.1 Å². The number of aromatic nitrogens is 2. The lowest BCUT2D eigenvalue weighted by Crippen LogP contribution is -2.26. The summed E-state index contributed by atoms with van der Waals surface area (Å²) in [5.74, 6) is -0.714. The number of carbonyl (C=O) groups excluding carboxylic acids is 1. The van der Waals surface area contributed by atoms with Crippen molar-refractivity contribution in [3.63, 3.8) is 0 Å². The zero-order valence-electron chi connectivity index (χ0n) is 11.7. The third-order valence-corrected chi connectivity index (χ3v) is 2.54. The summed E-state index contributed by atoms with van der Waals surface area (Å²) in [7, 11) is 4.70. The average molecular weight is 282 g/mol. The summed E-state index contributed by atoms with van der Waals surface area (Å²) in [5, 5.41) is 19.3. The van der Waals surface area contributed by atoms with Crippen LogP contribution in [0.2, 0.25) is 0 Å². The first-order valence-corrected chi connectivity index (χ1v) is 5.98. The smallest absolute Gasteiger partial charge is 0.306 e. The first-order chi connectivity index (χ1) is 9.43. The first-order valence-electron chi connectivity index (χ1n) is 5.98. The maximum Gasteiger partial charge on any atom is 0.306 e. The molecule has 1 aromatic heterocycles. The van der Waals surface area contributed by atoms with Crippen LogP contribution in [0.5, 0.6) is 0 Å². The van der Waals surface area contributed by atoms with Crippen LogP contribution in [0.15, 0.2) is 12.1 Å². The molecule has 0 aliphatic carbocycles. The molecule has 0 saturated heterocycles. The van der Waals surface area contributed by atoms with Gasteiger partial charge >= 0.3 is 5.97 Å². The minimum absolute atomic E-state index is 0.103. The van der Waals surface area contributed by atoms with E-state index in [1.54, 1.807) is 26.2 Å². The predicted molar refractivity (Wildman–Crippen MR) is 71.6 cm³/mol. The number of rotatable bonds is 7. The van der Waals surface area contributed by atoms with Gasteiger partial charge in [-0.1, -0.05) is 0 Å². The summed E-state index contributed by atoms with van der Waals surface area (Å²) in [4.78, 5) is 23.6. The zero-order chi connectivity index (χ0) is 15.1. The van der Waals surface area contributed by atoms with Gasteiger partial charge in [0.25, 0.3) is 5.91 Å². The average Bonchev–Trinajstić information content (AvgIpc) is 2.42. The molecule has 1 aromatic rings. The van der Waals surface area contributed by atoms with E-state index in [0.717, 1.165) is 0 Å². The number of carboxylic acids is 1. The lowest BCUT2D eigenvalue weighted by atomic mass is 10.2. The highest BCUT2D eigenvalue weighted by atomic mass is 16.5.